The summed E-state index contributed by atoms with van der Waals surface area (Å²) in [5, 5.41) is 118. The number of carboxylic acid groups (broad SMARTS) is 1. The molecule has 8 rings (SSSR count). The van der Waals surface area contributed by atoms with E-state index in [1.165, 1.54) is 6.92 Å². The first kappa shape index (κ1) is 52.1. The molecular formula is C48H74O20. The zero-order valence-corrected chi connectivity index (χ0v) is 39.7. The molecule has 3 saturated heterocycles. The number of aliphatic hydroxyl groups is 10. The van der Waals surface area contributed by atoms with Crippen molar-refractivity contribution >= 4 is 18.2 Å². The smallest absolute Gasteiger partial charge is 0.315 e. The van der Waals surface area contributed by atoms with Crippen LogP contribution in [0.5, 0.6) is 0 Å². The van der Waals surface area contributed by atoms with E-state index in [-0.39, 0.29) is 41.9 Å². The van der Waals surface area contributed by atoms with Gasteiger partial charge in [-0.1, -0.05) is 39.3 Å². The summed E-state index contributed by atoms with van der Waals surface area (Å²) in [5.74, 6) is -2.24. The van der Waals surface area contributed by atoms with Crippen LogP contribution in [0.3, 0.4) is 0 Å². The standard InChI is InChI=1S/C48H74O20/c1-21-29(52)31(54)34(57)39(64-21)67-37-24(18-49)65-38(36(59)33(37)56)63-19-25-30(53)32(55)35(58)40(66-25)68-42(62)48-15-13-43(2,41(60)61)17-23(48)22-7-8-27-44(3)11-10-28(51)45(4,20-50)26(44)9-12-47(27,6)46(22,5)14-16-48/h7,20-21,23-40,49,51-59H,8-19H2,1-6H3,(H,60,61)/t21-,23-,24+,25+,26+,27+,28-,29-,30+,31+,32-,33+,34+,35+,36+,37+,38+,39-,40-,43+,44-,45-,46+,47+,48-/m0/s1. The first-order valence-corrected chi connectivity index (χ1v) is 24.4. The van der Waals surface area contributed by atoms with Gasteiger partial charge in [0.05, 0.1) is 41.7 Å². The van der Waals surface area contributed by atoms with Crippen LogP contribution in [0.4, 0.5) is 0 Å². The van der Waals surface area contributed by atoms with E-state index in [1.54, 1.807) is 6.92 Å². The number of ether oxygens (including phenoxy) is 6. The van der Waals surface area contributed by atoms with Gasteiger partial charge >= 0.3 is 11.9 Å². The zero-order valence-electron chi connectivity index (χ0n) is 39.7. The molecule has 0 amide bonds. The van der Waals surface area contributed by atoms with Crippen molar-refractivity contribution in [1.82, 2.24) is 0 Å². The van der Waals surface area contributed by atoms with E-state index in [2.05, 4.69) is 26.8 Å². The summed E-state index contributed by atoms with van der Waals surface area (Å²) in [5.41, 5.74) is -3.40. The fourth-order valence-corrected chi connectivity index (χ4v) is 14.7. The number of carbonyl (C=O) groups is 3. The first-order chi connectivity index (χ1) is 31.8. The number of aliphatic hydroxyl groups excluding tert-OH is 10. The lowest BCUT2D eigenvalue weighted by atomic mass is 9.33. The van der Waals surface area contributed by atoms with Crippen LogP contribution in [0.1, 0.15) is 106 Å². The summed E-state index contributed by atoms with van der Waals surface area (Å²) in [6.45, 7) is 10.3. The van der Waals surface area contributed by atoms with Gasteiger partial charge in [0.25, 0.3) is 0 Å². The van der Waals surface area contributed by atoms with Crippen molar-refractivity contribution in [2.24, 2.45) is 50.2 Å². The average molecular weight is 971 g/mol. The van der Waals surface area contributed by atoms with Crippen LogP contribution in [0, 0.1) is 50.2 Å². The van der Waals surface area contributed by atoms with Gasteiger partial charge in [-0.2, -0.15) is 0 Å². The summed E-state index contributed by atoms with van der Waals surface area (Å²) in [6.07, 6.45) is -17.9. The van der Waals surface area contributed by atoms with E-state index >= 15 is 0 Å². The fourth-order valence-electron chi connectivity index (χ4n) is 14.7. The number of carbonyl (C=O) groups excluding carboxylic acids is 2. The van der Waals surface area contributed by atoms with Gasteiger partial charge in [-0.3, -0.25) is 9.59 Å². The van der Waals surface area contributed by atoms with Crippen LogP contribution in [-0.4, -0.2) is 186 Å². The third-order valence-electron chi connectivity index (χ3n) is 19.5. The average Bonchev–Trinajstić information content (AvgIpc) is 3.30. The SMILES string of the molecule is C[C@@H]1O[C@@H](O[C@H]2[C@H](O)[C@@H](O)[C@H](OC[C@H]3O[C@@H](OC(=O)[C@]45CC[C@@](C)(C(=O)O)C[C@H]4C4=CC[C@@H]6[C@@]7(C)CC[C@H](O)[C@@](C)(C=O)[C@@H]7CC[C@@]6(C)[C@]4(C)CC5)[C@H](O)[C@@H](O)[C@@H]3O)O[C@@H]2CO)[C@H](O)[C@H](O)[C@H]1O. The predicted molar refractivity (Wildman–Crippen MR) is 231 cm³/mol. The van der Waals surface area contributed by atoms with Gasteiger partial charge in [0.2, 0.25) is 6.29 Å². The highest BCUT2D eigenvalue weighted by molar-refractivity contribution is 5.81. The van der Waals surface area contributed by atoms with Crippen molar-refractivity contribution in [1.29, 1.82) is 0 Å². The summed E-state index contributed by atoms with van der Waals surface area (Å²) < 4.78 is 34.5. The second kappa shape index (κ2) is 18.4. The lowest BCUT2D eigenvalue weighted by molar-refractivity contribution is -0.361. The molecule has 0 unspecified atom stereocenters. The monoisotopic (exact) mass is 970 g/mol. The Hall–Kier alpha value is -2.25. The largest absolute Gasteiger partial charge is 0.481 e. The highest BCUT2D eigenvalue weighted by Gasteiger charge is 2.71. The molecular weight excluding hydrogens is 897 g/mol. The summed E-state index contributed by atoms with van der Waals surface area (Å²) >= 11 is 0. The van der Waals surface area contributed by atoms with Gasteiger partial charge in [0.15, 0.2) is 12.6 Å². The number of allylic oxidation sites excluding steroid dienone is 2. The van der Waals surface area contributed by atoms with Gasteiger partial charge in [-0.15, -0.1) is 0 Å². The van der Waals surface area contributed by atoms with Crippen LogP contribution in [0.15, 0.2) is 11.6 Å². The molecule has 3 heterocycles. The van der Waals surface area contributed by atoms with Crippen LogP contribution in [-0.2, 0) is 42.8 Å². The molecule has 0 spiro atoms. The van der Waals surface area contributed by atoms with Gasteiger partial charge in [-0.25, -0.2) is 0 Å². The Kier molecular flexibility index (Phi) is 14.1. The topological polar surface area (TPSA) is 329 Å². The maximum Gasteiger partial charge on any atom is 0.315 e. The van der Waals surface area contributed by atoms with Crippen molar-refractivity contribution < 1.29 is 99.0 Å². The Morgan fingerprint density at radius 2 is 1.35 bits per heavy atom. The maximum atomic E-state index is 15.0. The number of hydrogen-bond donors (Lipinski definition) is 11. The molecule has 68 heavy (non-hydrogen) atoms. The molecule has 0 radical (unpaired) electrons. The molecule has 7 fully saturated rings. The Morgan fingerprint density at radius 3 is 2.01 bits per heavy atom. The van der Waals surface area contributed by atoms with Crippen molar-refractivity contribution in [3.8, 4) is 0 Å². The minimum atomic E-state index is -1.94. The zero-order chi connectivity index (χ0) is 49.8. The molecule has 0 bridgehead atoms. The van der Waals surface area contributed by atoms with Crippen LogP contribution < -0.4 is 0 Å². The summed E-state index contributed by atoms with van der Waals surface area (Å²) in [7, 11) is 0. The molecule has 25 atom stereocenters. The molecule has 11 N–H and O–H groups in total. The molecule has 5 aliphatic carbocycles. The Bertz CT molecular complexity index is 1940. The number of carboxylic acids is 1. The van der Waals surface area contributed by atoms with Crippen molar-refractivity contribution in [3.05, 3.63) is 11.6 Å². The van der Waals surface area contributed by atoms with Gasteiger partial charge in [0.1, 0.15) is 73.4 Å². The number of hydrogen-bond acceptors (Lipinski definition) is 19. The second-order valence-corrected chi connectivity index (χ2v) is 22.9. The Morgan fingerprint density at radius 1 is 0.721 bits per heavy atom. The minimum absolute atomic E-state index is 0.0351. The number of aldehydes is 1. The molecule has 3 aliphatic heterocycles. The van der Waals surface area contributed by atoms with Crippen LogP contribution in [0.25, 0.3) is 0 Å². The quantitative estimate of drug-likeness (QED) is 0.0741. The van der Waals surface area contributed by atoms with E-state index in [9.17, 15) is 70.6 Å². The molecule has 20 heteroatoms. The molecule has 386 valence electrons. The second-order valence-electron chi connectivity index (χ2n) is 22.9. The third-order valence-corrected chi connectivity index (χ3v) is 19.5. The minimum Gasteiger partial charge on any atom is -0.481 e. The summed E-state index contributed by atoms with van der Waals surface area (Å²) in [4.78, 5) is 40.6. The molecule has 8 aliphatic rings. The Balaban J connectivity index is 0.998. The molecule has 0 aromatic heterocycles. The van der Waals surface area contributed by atoms with Gasteiger partial charge in [0, 0.05) is 0 Å². The van der Waals surface area contributed by atoms with E-state index < -0.39 is 151 Å². The number of aliphatic carboxylic acids is 1. The van der Waals surface area contributed by atoms with Crippen LogP contribution >= 0.6 is 0 Å². The van der Waals surface area contributed by atoms with E-state index in [4.69, 9.17) is 28.4 Å². The van der Waals surface area contributed by atoms with Crippen molar-refractivity contribution in [3.63, 3.8) is 0 Å². The van der Waals surface area contributed by atoms with E-state index in [1.807, 2.05) is 6.92 Å². The van der Waals surface area contributed by atoms with E-state index in [0.29, 0.717) is 25.7 Å². The lowest BCUT2D eigenvalue weighted by Crippen LogP contribution is -2.66. The highest BCUT2D eigenvalue weighted by atomic mass is 16.8. The number of rotatable bonds is 10. The summed E-state index contributed by atoms with van der Waals surface area (Å²) in [6, 6.07) is 0. The van der Waals surface area contributed by atoms with Gasteiger partial charge < -0.3 is 89.4 Å². The first-order valence-electron chi connectivity index (χ1n) is 24.4. The van der Waals surface area contributed by atoms with Crippen molar-refractivity contribution in [2.75, 3.05) is 13.2 Å². The van der Waals surface area contributed by atoms with Crippen LogP contribution in [0.2, 0.25) is 0 Å². The molecule has 0 aromatic rings. The number of fused-ring (bicyclic) bond motifs is 7. The third kappa shape index (κ3) is 7.86. The van der Waals surface area contributed by atoms with Crippen molar-refractivity contribution in [2.45, 2.75) is 204 Å². The fraction of sp³-hybridized carbons (Fsp3) is 0.896. The maximum absolute atomic E-state index is 15.0. The van der Waals surface area contributed by atoms with E-state index in [0.717, 1.165) is 31.1 Å². The number of esters is 1. The Labute approximate surface area is 395 Å². The molecule has 4 saturated carbocycles. The molecule has 0 aromatic carbocycles. The van der Waals surface area contributed by atoms with Gasteiger partial charge in [-0.05, 0) is 112 Å². The molecule has 20 nitrogen and oxygen atoms in total. The predicted octanol–water partition coefficient (Wildman–Crippen LogP) is -0.588. The highest BCUT2D eigenvalue weighted by Crippen LogP contribution is 2.76. The normalized spacial score (nSPS) is 54.8. The lowest BCUT2D eigenvalue weighted by Gasteiger charge is -2.70.